The number of methoxy groups -OCH3 is 1. The number of likely N-dealkylation sites (tertiary alicyclic amines) is 1. The fourth-order valence-corrected chi connectivity index (χ4v) is 3.79. The molecule has 1 N–H and O–H groups in total. The Kier molecular flexibility index (Phi) is 6.90. The highest BCUT2D eigenvalue weighted by molar-refractivity contribution is 6.46. The van der Waals surface area contributed by atoms with Gasteiger partial charge in [-0.25, -0.2) is 0 Å². The molecule has 2 aromatic rings. The molecule has 1 fully saturated rings. The van der Waals surface area contributed by atoms with E-state index >= 15 is 0 Å². The number of nitrogens with zero attached hydrogens (tertiary/aromatic N) is 2. The van der Waals surface area contributed by atoms with Crippen LogP contribution >= 0.6 is 0 Å². The summed E-state index contributed by atoms with van der Waals surface area (Å²) in [7, 11) is 1.56. The highest BCUT2D eigenvalue weighted by atomic mass is 16.5. The second-order valence-electron chi connectivity index (χ2n) is 7.16. The Balaban J connectivity index is 2.05. The van der Waals surface area contributed by atoms with Crippen molar-refractivity contribution < 1.29 is 19.4 Å². The van der Waals surface area contributed by atoms with Crippen molar-refractivity contribution in [2.24, 2.45) is 0 Å². The molecular weight excluding hydrogens is 380 g/mol. The number of amides is 1. The third-order valence-electron chi connectivity index (χ3n) is 5.57. The minimum Gasteiger partial charge on any atom is -0.507 e. The average molecular weight is 408 g/mol. The molecule has 0 unspecified atom stereocenters. The number of hydrogen-bond acceptors (Lipinski definition) is 5. The molecule has 1 saturated heterocycles. The van der Waals surface area contributed by atoms with Gasteiger partial charge in [-0.1, -0.05) is 44.2 Å². The van der Waals surface area contributed by atoms with Crippen molar-refractivity contribution in [3.8, 4) is 5.75 Å². The zero-order valence-electron chi connectivity index (χ0n) is 17.7. The van der Waals surface area contributed by atoms with E-state index in [9.17, 15) is 14.7 Å². The molecule has 1 aliphatic heterocycles. The number of ether oxygens (including phenoxy) is 1. The van der Waals surface area contributed by atoms with Crippen molar-refractivity contribution >= 4 is 17.4 Å². The van der Waals surface area contributed by atoms with E-state index < -0.39 is 17.7 Å². The molecular formula is C24H28N2O4. The normalized spacial score (nSPS) is 18.3. The van der Waals surface area contributed by atoms with Crippen LogP contribution in [-0.4, -0.2) is 59.9 Å². The van der Waals surface area contributed by atoms with Crippen LogP contribution in [-0.2, 0) is 9.59 Å². The Labute approximate surface area is 177 Å². The topological polar surface area (TPSA) is 70.1 Å². The number of carbonyl (C=O) groups excluding carboxylic acids is 2. The maximum absolute atomic E-state index is 13.0. The van der Waals surface area contributed by atoms with Crippen LogP contribution in [0, 0.1) is 0 Å². The third-order valence-corrected chi connectivity index (χ3v) is 5.57. The molecule has 0 aliphatic carbocycles. The van der Waals surface area contributed by atoms with E-state index in [-0.39, 0.29) is 11.3 Å². The lowest BCUT2D eigenvalue weighted by Crippen LogP contribution is -2.38. The van der Waals surface area contributed by atoms with Crippen molar-refractivity contribution in [2.45, 2.75) is 19.9 Å². The number of carbonyl (C=O) groups is 2. The predicted molar refractivity (Wildman–Crippen MR) is 116 cm³/mol. The first-order chi connectivity index (χ1) is 14.5. The van der Waals surface area contributed by atoms with E-state index in [0.29, 0.717) is 24.4 Å². The van der Waals surface area contributed by atoms with Crippen molar-refractivity contribution in [3.05, 3.63) is 71.3 Å². The Morgan fingerprint density at radius 1 is 1.03 bits per heavy atom. The third kappa shape index (κ3) is 4.24. The molecule has 0 radical (unpaired) electrons. The van der Waals surface area contributed by atoms with Gasteiger partial charge < -0.3 is 19.6 Å². The molecule has 0 spiro atoms. The minimum atomic E-state index is -0.656. The molecule has 6 nitrogen and oxygen atoms in total. The molecule has 1 amide bonds. The molecule has 1 heterocycles. The lowest BCUT2D eigenvalue weighted by molar-refractivity contribution is -0.140. The van der Waals surface area contributed by atoms with E-state index in [1.54, 1.807) is 36.3 Å². The zero-order chi connectivity index (χ0) is 21.7. The van der Waals surface area contributed by atoms with Crippen LogP contribution in [0.3, 0.4) is 0 Å². The summed E-state index contributed by atoms with van der Waals surface area (Å²) in [5.74, 6) is -0.760. The van der Waals surface area contributed by atoms with E-state index in [1.807, 2.05) is 30.3 Å². The molecule has 30 heavy (non-hydrogen) atoms. The van der Waals surface area contributed by atoms with Gasteiger partial charge in [0.05, 0.1) is 18.7 Å². The highest BCUT2D eigenvalue weighted by Crippen LogP contribution is 2.39. The summed E-state index contributed by atoms with van der Waals surface area (Å²) in [5.41, 5.74) is 1.39. The quantitative estimate of drug-likeness (QED) is 0.412. The van der Waals surface area contributed by atoms with E-state index in [0.717, 1.165) is 18.7 Å². The number of benzene rings is 2. The molecule has 1 atom stereocenters. The minimum absolute atomic E-state index is 0.121. The van der Waals surface area contributed by atoms with Crippen LogP contribution in [0.4, 0.5) is 0 Å². The van der Waals surface area contributed by atoms with Gasteiger partial charge in [0.25, 0.3) is 11.7 Å². The van der Waals surface area contributed by atoms with Crippen LogP contribution < -0.4 is 4.74 Å². The second kappa shape index (κ2) is 9.59. The Hall–Kier alpha value is -3.12. The summed E-state index contributed by atoms with van der Waals surface area (Å²) in [4.78, 5) is 29.7. The van der Waals surface area contributed by atoms with Gasteiger partial charge in [-0.05, 0) is 42.9 Å². The molecule has 6 heteroatoms. The maximum Gasteiger partial charge on any atom is 0.295 e. The molecule has 0 saturated carbocycles. The smallest absolute Gasteiger partial charge is 0.295 e. The summed E-state index contributed by atoms with van der Waals surface area (Å²) in [6.45, 7) is 6.92. The molecule has 0 bridgehead atoms. The summed E-state index contributed by atoms with van der Waals surface area (Å²) in [6.07, 6.45) is 0. The highest BCUT2D eigenvalue weighted by Gasteiger charge is 2.45. The number of ketones is 1. The molecule has 2 aromatic carbocycles. The molecule has 3 rings (SSSR count). The number of Topliss-reactive ketones (excluding diaryl/α,β-unsaturated/α-hetero) is 1. The van der Waals surface area contributed by atoms with E-state index in [1.165, 1.54) is 0 Å². The predicted octanol–water partition coefficient (Wildman–Crippen LogP) is 3.46. The van der Waals surface area contributed by atoms with Crippen molar-refractivity contribution in [2.75, 3.05) is 33.3 Å². The summed E-state index contributed by atoms with van der Waals surface area (Å²) < 4.78 is 5.16. The number of rotatable bonds is 8. The lowest BCUT2D eigenvalue weighted by atomic mass is 9.95. The molecule has 0 aromatic heterocycles. The van der Waals surface area contributed by atoms with E-state index in [4.69, 9.17) is 4.74 Å². The van der Waals surface area contributed by atoms with E-state index in [2.05, 4.69) is 18.7 Å². The number of likely N-dealkylation sites (N-methyl/N-ethyl adjacent to an activating group) is 1. The lowest BCUT2D eigenvalue weighted by Gasteiger charge is -2.28. The van der Waals surface area contributed by atoms with Crippen LogP contribution in [0.1, 0.15) is 31.0 Å². The van der Waals surface area contributed by atoms with Gasteiger partial charge in [0, 0.05) is 18.7 Å². The van der Waals surface area contributed by atoms with Gasteiger partial charge in [-0.15, -0.1) is 0 Å². The van der Waals surface area contributed by atoms with Gasteiger partial charge in [-0.3, -0.25) is 9.59 Å². The van der Waals surface area contributed by atoms with Crippen LogP contribution in [0.15, 0.2) is 60.2 Å². The Bertz CT molecular complexity index is 918. The van der Waals surface area contributed by atoms with Gasteiger partial charge >= 0.3 is 0 Å². The van der Waals surface area contributed by atoms with Gasteiger partial charge in [0.2, 0.25) is 0 Å². The summed E-state index contributed by atoms with van der Waals surface area (Å²) >= 11 is 0. The van der Waals surface area contributed by atoms with Gasteiger partial charge in [-0.2, -0.15) is 0 Å². The van der Waals surface area contributed by atoms with Crippen molar-refractivity contribution in [1.82, 2.24) is 9.80 Å². The zero-order valence-corrected chi connectivity index (χ0v) is 17.7. The monoisotopic (exact) mass is 408 g/mol. The number of hydrogen-bond donors (Lipinski definition) is 1. The summed E-state index contributed by atoms with van der Waals surface area (Å²) in [6, 6.07) is 15.5. The van der Waals surface area contributed by atoms with Gasteiger partial charge in [0.1, 0.15) is 11.5 Å². The van der Waals surface area contributed by atoms with Gasteiger partial charge in [0.15, 0.2) is 0 Å². The van der Waals surface area contributed by atoms with Crippen LogP contribution in [0.5, 0.6) is 5.75 Å². The fraction of sp³-hybridized carbons (Fsp3) is 0.333. The number of aliphatic hydroxyl groups excluding tert-OH is 1. The first-order valence-corrected chi connectivity index (χ1v) is 10.2. The molecule has 158 valence electrons. The van der Waals surface area contributed by atoms with Crippen LogP contribution in [0.25, 0.3) is 5.76 Å². The van der Waals surface area contributed by atoms with Crippen LogP contribution in [0.2, 0.25) is 0 Å². The standard InChI is InChI=1S/C24H28N2O4/c1-4-25(5-2)15-16-26-21(17-9-7-6-8-10-17)20(23(28)24(26)29)22(27)18-11-13-19(30-3)14-12-18/h6-14,21,27H,4-5,15-16H2,1-3H3/b22-20+/t21-/m1/s1. The molecule has 1 aliphatic rings. The first-order valence-electron chi connectivity index (χ1n) is 10.2. The summed E-state index contributed by atoms with van der Waals surface area (Å²) in [5, 5.41) is 11.0. The Morgan fingerprint density at radius 3 is 2.23 bits per heavy atom. The van der Waals surface area contributed by atoms with Crippen molar-refractivity contribution in [3.63, 3.8) is 0 Å². The average Bonchev–Trinajstić information content (AvgIpc) is 3.05. The fourth-order valence-electron chi connectivity index (χ4n) is 3.79. The maximum atomic E-state index is 13.0. The first kappa shape index (κ1) is 21.6. The largest absolute Gasteiger partial charge is 0.507 e. The second-order valence-corrected chi connectivity index (χ2v) is 7.16. The SMILES string of the molecule is CCN(CC)CCN1C(=O)C(=O)/C(=C(/O)c2ccc(OC)cc2)[C@H]1c1ccccc1. The number of aliphatic hydroxyl groups is 1. The Morgan fingerprint density at radius 2 is 1.67 bits per heavy atom. The van der Waals surface area contributed by atoms with Crippen molar-refractivity contribution in [1.29, 1.82) is 0 Å².